The maximum atomic E-state index is 12.6. The Morgan fingerprint density at radius 1 is 1.04 bits per heavy atom. The van der Waals surface area contributed by atoms with E-state index in [4.69, 9.17) is 11.5 Å². The Labute approximate surface area is 164 Å². The minimum absolute atomic E-state index is 0.110. The van der Waals surface area contributed by atoms with E-state index < -0.39 is 42.0 Å². The summed E-state index contributed by atoms with van der Waals surface area (Å²) in [6.45, 7) is 1.80. The van der Waals surface area contributed by atoms with Gasteiger partial charge in [0.1, 0.15) is 18.1 Å². The van der Waals surface area contributed by atoms with Crippen LogP contribution < -0.4 is 22.1 Å². The Kier molecular flexibility index (Phi) is 10.1. The first-order valence-electron chi connectivity index (χ1n) is 9.27. The second kappa shape index (κ2) is 12.1. The van der Waals surface area contributed by atoms with Crippen molar-refractivity contribution in [2.45, 2.75) is 56.8 Å². The van der Waals surface area contributed by atoms with Gasteiger partial charge in [0.2, 0.25) is 11.8 Å². The van der Waals surface area contributed by atoms with E-state index in [0.29, 0.717) is 19.4 Å². The van der Waals surface area contributed by atoms with Gasteiger partial charge in [-0.3, -0.25) is 9.59 Å². The standard InChI is InChI=1S/C19H30N4O5/c1-12(24)16(21)18(26)22-14(9-5-6-10-20)17(25)23-15(19(27)28)11-13-7-3-2-4-8-13/h2-4,7-8,12,14-16,24H,5-6,9-11,20-21H2,1H3,(H,22,26)(H,23,25)(H,27,28). The summed E-state index contributed by atoms with van der Waals surface area (Å²) in [5.41, 5.74) is 11.8. The highest BCUT2D eigenvalue weighted by atomic mass is 16.4. The van der Waals surface area contributed by atoms with Crippen LogP contribution in [-0.2, 0) is 20.8 Å². The Morgan fingerprint density at radius 2 is 1.64 bits per heavy atom. The van der Waals surface area contributed by atoms with Crippen molar-refractivity contribution >= 4 is 17.8 Å². The molecular weight excluding hydrogens is 364 g/mol. The number of carbonyl (C=O) groups excluding carboxylic acids is 2. The van der Waals surface area contributed by atoms with Gasteiger partial charge in [-0.25, -0.2) is 4.79 Å². The molecule has 0 heterocycles. The van der Waals surface area contributed by atoms with E-state index in [2.05, 4.69) is 10.6 Å². The molecule has 1 aromatic rings. The molecule has 0 aliphatic carbocycles. The molecule has 9 nitrogen and oxygen atoms in total. The molecule has 4 unspecified atom stereocenters. The Balaban J connectivity index is 2.83. The number of carboxylic acid groups (broad SMARTS) is 1. The number of aliphatic hydroxyl groups excluding tert-OH is 1. The van der Waals surface area contributed by atoms with Crippen molar-refractivity contribution in [3.05, 3.63) is 35.9 Å². The lowest BCUT2D eigenvalue weighted by atomic mass is 10.0. The molecule has 1 aromatic carbocycles. The third-order valence-electron chi connectivity index (χ3n) is 4.30. The molecule has 0 aliphatic rings. The zero-order valence-corrected chi connectivity index (χ0v) is 16.0. The number of aliphatic hydroxyl groups is 1. The summed E-state index contributed by atoms with van der Waals surface area (Å²) < 4.78 is 0. The number of hydrogen-bond donors (Lipinski definition) is 6. The summed E-state index contributed by atoms with van der Waals surface area (Å²) in [4.78, 5) is 36.3. The van der Waals surface area contributed by atoms with Crippen LogP contribution in [0.4, 0.5) is 0 Å². The SMILES string of the molecule is CC(O)C(N)C(=O)NC(CCCCN)C(=O)NC(Cc1ccccc1)C(=O)O. The summed E-state index contributed by atoms with van der Waals surface area (Å²) >= 11 is 0. The molecule has 4 atom stereocenters. The highest BCUT2D eigenvalue weighted by molar-refractivity contribution is 5.92. The molecule has 28 heavy (non-hydrogen) atoms. The number of nitrogens with one attached hydrogen (secondary N) is 2. The van der Waals surface area contributed by atoms with Gasteiger partial charge in [-0.05, 0) is 38.3 Å². The number of hydrogen-bond acceptors (Lipinski definition) is 6. The molecule has 156 valence electrons. The quantitative estimate of drug-likeness (QED) is 0.250. The van der Waals surface area contributed by atoms with Gasteiger partial charge >= 0.3 is 5.97 Å². The Morgan fingerprint density at radius 3 is 2.18 bits per heavy atom. The predicted molar refractivity (Wildman–Crippen MR) is 104 cm³/mol. The lowest BCUT2D eigenvalue weighted by molar-refractivity contribution is -0.142. The van der Waals surface area contributed by atoms with Crippen LogP contribution in [0.5, 0.6) is 0 Å². The van der Waals surface area contributed by atoms with Crippen molar-refractivity contribution in [2.75, 3.05) is 6.54 Å². The monoisotopic (exact) mass is 394 g/mol. The van der Waals surface area contributed by atoms with E-state index in [0.717, 1.165) is 5.56 Å². The second-order valence-electron chi connectivity index (χ2n) is 6.70. The van der Waals surface area contributed by atoms with Crippen LogP contribution in [0, 0.1) is 0 Å². The van der Waals surface area contributed by atoms with Crippen LogP contribution in [0.25, 0.3) is 0 Å². The zero-order valence-electron chi connectivity index (χ0n) is 16.0. The summed E-state index contributed by atoms with van der Waals surface area (Å²) in [5, 5.41) is 23.9. The third-order valence-corrected chi connectivity index (χ3v) is 4.30. The molecule has 0 bridgehead atoms. The smallest absolute Gasteiger partial charge is 0.326 e. The fourth-order valence-corrected chi connectivity index (χ4v) is 2.57. The summed E-state index contributed by atoms with van der Waals surface area (Å²) in [5.74, 6) is -2.48. The average molecular weight is 394 g/mol. The molecule has 0 saturated carbocycles. The fraction of sp³-hybridized carbons (Fsp3) is 0.526. The molecule has 0 aliphatic heterocycles. The average Bonchev–Trinajstić information content (AvgIpc) is 2.66. The first-order chi connectivity index (χ1) is 13.3. The second-order valence-corrected chi connectivity index (χ2v) is 6.70. The first-order valence-corrected chi connectivity index (χ1v) is 9.27. The lowest BCUT2D eigenvalue weighted by Gasteiger charge is -2.23. The fourth-order valence-electron chi connectivity index (χ4n) is 2.57. The van der Waals surface area contributed by atoms with Crippen LogP contribution in [-0.4, -0.2) is 58.8 Å². The molecule has 0 fully saturated rings. The molecule has 0 saturated heterocycles. The third kappa shape index (κ3) is 8.03. The van der Waals surface area contributed by atoms with Crippen LogP contribution in [0.2, 0.25) is 0 Å². The predicted octanol–water partition coefficient (Wildman–Crippen LogP) is -0.880. The van der Waals surface area contributed by atoms with Crippen molar-refractivity contribution in [1.82, 2.24) is 10.6 Å². The molecule has 8 N–H and O–H groups in total. The molecule has 0 spiro atoms. The number of rotatable bonds is 12. The maximum Gasteiger partial charge on any atom is 0.326 e. The van der Waals surface area contributed by atoms with Gasteiger partial charge in [0.25, 0.3) is 0 Å². The molecule has 2 amide bonds. The van der Waals surface area contributed by atoms with Crippen molar-refractivity contribution in [1.29, 1.82) is 0 Å². The Hall–Kier alpha value is -2.49. The minimum atomic E-state index is -1.19. The van der Waals surface area contributed by atoms with Crippen molar-refractivity contribution in [3.8, 4) is 0 Å². The number of unbranched alkanes of at least 4 members (excludes halogenated alkanes) is 1. The van der Waals surface area contributed by atoms with Crippen molar-refractivity contribution in [3.63, 3.8) is 0 Å². The van der Waals surface area contributed by atoms with Gasteiger partial charge in [-0.15, -0.1) is 0 Å². The molecule has 0 aromatic heterocycles. The van der Waals surface area contributed by atoms with Crippen LogP contribution in [0.1, 0.15) is 31.7 Å². The van der Waals surface area contributed by atoms with E-state index in [-0.39, 0.29) is 12.8 Å². The number of aliphatic carboxylic acids is 1. The van der Waals surface area contributed by atoms with Gasteiger partial charge in [0.05, 0.1) is 6.10 Å². The van der Waals surface area contributed by atoms with E-state index in [1.54, 1.807) is 24.3 Å². The van der Waals surface area contributed by atoms with Gasteiger partial charge in [0, 0.05) is 6.42 Å². The van der Waals surface area contributed by atoms with Gasteiger partial charge in [-0.2, -0.15) is 0 Å². The minimum Gasteiger partial charge on any atom is -0.480 e. The van der Waals surface area contributed by atoms with Crippen LogP contribution >= 0.6 is 0 Å². The summed E-state index contributed by atoms with van der Waals surface area (Å²) in [6.07, 6.45) is 0.513. The van der Waals surface area contributed by atoms with Gasteiger partial charge in [-0.1, -0.05) is 30.3 Å². The van der Waals surface area contributed by atoms with Crippen LogP contribution in [0.15, 0.2) is 30.3 Å². The Bertz CT molecular complexity index is 638. The number of amides is 2. The zero-order chi connectivity index (χ0) is 21.1. The summed E-state index contributed by atoms with van der Waals surface area (Å²) in [6, 6.07) is 5.60. The maximum absolute atomic E-state index is 12.6. The molecule has 1 rings (SSSR count). The van der Waals surface area contributed by atoms with E-state index >= 15 is 0 Å². The van der Waals surface area contributed by atoms with Crippen LogP contribution in [0.3, 0.4) is 0 Å². The number of benzene rings is 1. The highest BCUT2D eigenvalue weighted by Gasteiger charge is 2.28. The van der Waals surface area contributed by atoms with Gasteiger partial charge < -0.3 is 32.3 Å². The molecule has 0 radical (unpaired) electrons. The van der Waals surface area contributed by atoms with E-state index in [1.165, 1.54) is 6.92 Å². The highest BCUT2D eigenvalue weighted by Crippen LogP contribution is 2.06. The largest absolute Gasteiger partial charge is 0.480 e. The molecule has 9 heteroatoms. The molecular formula is C19H30N4O5. The topological polar surface area (TPSA) is 168 Å². The van der Waals surface area contributed by atoms with E-state index in [9.17, 15) is 24.6 Å². The van der Waals surface area contributed by atoms with Gasteiger partial charge in [0.15, 0.2) is 0 Å². The van der Waals surface area contributed by atoms with Crippen molar-refractivity contribution < 1.29 is 24.6 Å². The summed E-state index contributed by atoms with van der Waals surface area (Å²) in [7, 11) is 0. The number of carbonyl (C=O) groups is 3. The lowest BCUT2D eigenvalue weighted by Crippen LogP contribution is -2.56. The van der Waals surface area contributed by atoms with E-state index in [1.807, 2.05) is 6.07 Å². The number of carboxylic acids is 1. The normalized spacial score (nSPS) is 15.1. The number of nitrogens with two attached hydrogens (primary N) is 2. The van der Waals surface area contributed by atoms with Crippen molar-refractivity contribution in [2.24, 2.45) is 11.5 Å². The first kappa shape index (κ1) is 23.5.